The fourth-order valence-corrected chi connectivity index (χ4v) is 8.74. The molecule has 0 heterocycles. The van der Waals surface area contributed by atoms with Gasteiger partial charge in [-0.15, -0.1) is 0 Å². The van der Waals surface area contributed by atoms with Gasteiger partial charge >= 0.3 is 5.97 Å². The van der Waals surface area contributed by atoms with Crippen LogP contribution in [-0.2, 0) is 19.1 Å². The van der Waals surface area contributed by atoms with E-state index in [2.05, 4.69) is 13.8 Å². The van der Waals surface area contributed by atoms with Gasteiger partial charge in [-0.3, -0.25) is 14.4 Å². The topological polar surface area (TPSA) is 80.7 Å². The first-order valence-corrected chi connectivity index (χ1v) is 14.6. The van der Waals surface area contributed by atoms with Crippen molar-refractivity contribution in [3.8, 4) is 0 Å². The van der Waals surface area contributed by atoms with Crippen molar-refractivity contribution in [2.45, 2.75) is 70.5 Å². The molecule has 7 atom stereocenters. The summed E-state index contributed by atoms with van der Waals surface area (Å²) >= 11 is 2.87. The third-order valence-electron chi connectivity index (χ3n) is 9.29. The van der Waals surface area contributed by atoms with Crippen LogP contribution in [0.15, 0.2) is 11.6 Å². The minimum Gasteiger partial charge on any atom is -0.450 e. The van der Waals surface area contributed by atoms with Gasteiger partial charge in [-0.2, -0.15) is 23.5 Å². The molecule has 0 spiro atoms. The molecule has 0 aromatic heterocycles. The Hall–Kier alpha value is -0.790. The number of rotatable bonds is 6. The maximum Gasteiger partial charge on any atom is 0.316 e. The Kier molecular flexibility index (Phi) is 6.67. The zero-order valence-corrected chi connectivity index (χ0v) is 21.3. The third kappa shape index (κ3) is 3.52. The molecule has 0 saturated heterocycles. The highest BCUT2D eigenvalue weighted by Gasteiger charge is 2.70. The van der Waals surface area contributed by atoms with E-state index in [-0.39, 0.29) is 46.5 Å². The largest absolute Gasteiger partial charge is 0.450 e. The predicted octanol–water partition coefficient (Wildman–Crippen LogP) is 4.07. The van der Waals surface area contributed by atoms with Crippen LogP contribution in [0.2, 0.25) is 0 Å². The van der Waals surface area contributed by atoms with Crippen molar-refractivity contribution >= 4 is 41.1 Å². The third-order valence-corrected chi connectivity index (χ3v) is 10.4. The summed E-state index contributed by atoms with van der Waals surface area (Å²) in [6.45, 7) is 4.32. The highest BCUT2D eigenvalue weighted by Crippen LogP contribution is 2.68. The lowest BCUT2D eigenvalue weighted by Gasteiger charge is -2.60. The van der Waals surface area contributed by atoms with Gasteiger partial charge < -0.3 is 9.84 Å². The zero-order chi connectivity index (χ0) is 23.3. The SMILES string of the molecule is CSCC(=O)O[C@]1(C(=O)CSC)CC[C@H]2[C@@H]3CCC4=CC(=O)CC[C@]4(C)[C@H]3[C@@H](O)C[C@@]21C. The fourth-order valence-electron chi connectivity index (χ4n) is 7.95. The number of carbonyl (C=O) groups excluding carboxylic acids is 3. The molecule has 32 heavy (non-hydrogen) atoms. The normalized spacial score (nSPS) is 43.0. The number of thioether (sulfide) groups is 2. The molecule has 3 saturated carbocycles. The van der Waals surface area contributed by atoms with E-state index in [1.165, 1.54) is 29.1 Å². The molecular weight excluding hydrogens is 444 g/mol. The van der Waals surface area contributed by atoms with Crippen LogP contribution in [-0.4, -0.2) is 58.4 Å². The number of ether oxygens (including phenoxy) is 1. The first-order chi connectivity index (χ1) is 15.1. The van der Waals surface area contributed by atoms with Crippen LogP contribution in [0, 0.1) is 28.6 Å². The molecule has 1 N–H and O–H groups in total. The number of aliphatic hydroxyl groups excluding tert-OH is 1. The van der Waals surface area contributed by atoms with Gasteiger partial charge in [0.1, 0.15) is 0 Å². The lowest BCUT2D eigenvalue weighted by Crippen LogP contribution is -2.63. The molecule has 0 radical (unpaired) electrons. The number of carbonyl (C=O) groups is 3. The molecule has 0 aliphatic heterocycles. The smallest absolute Gasteiger partial charge is 0.316 e. The second-order valence-corrected chi connectivity index (χ2v) is 12.4. The Labute approximate surface area is 199 Å². The van der Waals surface area contributed by atoms with Gasteiger partial charge in [-0.25, -0.2) is 0 Å². The Morgan fingerprint density at radius 2 is 1.84 bits per heavy atom. The molecule has 5 nitrogen and oxygen atoms in total. The number of fused-ring (bicyclic) bond motifs is 5. The highest BCUT2D eigenvalue weighted by atomic mass is 32.2. The van der Waals surface area contributed by atoms with E-state index in [9.17, 15) is 19.5 Å². The summed E-state index contributed by atoms with van der Waals surface area (Å²) in [5.41, 5.74) is -0.691. The minimum absolute atomic E-state index is 0.0130. The van der Waals surface area contributed by atoms with Crippen molar-refractivity contribution < 1.29 is 24.2 Å². The Morgan fingerprint density at radius 1 is 1.12 bits per heavy atom. The lowest BCUT2D eigenvalue weighted by molar-refractivity contribution is -0.198. The molecule has 0 aromatic rings. The molecular formula is C25H36O5S2. The van der Waals surface area contributed by atoms with Crippen LogP contribution >= 0.6 is 23.5 Å². The quantitative estimate of drug-likeness (QED) is 0.574. The van der Waals surface area contributed by atoms with Gasteiger partial charge in [-0.05, 0) is 80.3 Å². The summed E-state index contributed by atoms with van der Waals surface area (Å²) < 4.78 is 6.11. The summed E-state index contributed by atoms with van der Waals surface area (Å²) in [6.07, 6.45) is 9.98. The number of allylic oxidation sites excluding steroid dienone is 1. The van der Waals surface area contributed by atoms with Gasteiger partial charge in [-0.1, -0.05) is 19.4 Å². The van der Waals surface area contributed by atoms with Crippen LogP contribution < -0.4 is 0 Å². The molecule has 178 valence electrons. The maximum atomic E-state index is 13.5. The van der Waals surface area contributed by atoms with E-state index in [0.717, 1.165) is 25.7 Å². The average Bonchev–Trinajstić information content (AvgIpc) is 3.01. The zero-order valence-electron chi connectivity index (χ0n) is 19.6. The monoisotopic (exact) mass is 480 g/mol. The number of hydrogen-bond acceptors (Lipinski definition) is 7. The molecule has 0 aromatic carbocycles. The molecule has 0 unspecified atom stereocenters. The van der Waals surface area contributed by atoms with E-state index < -0.39 is 17.1 Å². The molecule has 7 heteroatoms. The van der Waals surface area contributed by atoms with Crippen LogP contribution in [0.5, 0.6) is 0 Å². The molecule has 3 fully saturated rings. The van der Waals surface area contributed by atoms with Gasteiger partial charge in [0.2, 0.25) is 0 Å². The van der Waals surface area contributed by atoms with Crippen molar-refractivity contribution in [2.24, 2.45) is 28.6 Å². The number of aliphatic hydroxyl groups is 1. The fraction of sp³-hybridized carbons (Fsp3) is 0.800. The van der Waals surface area contributed by atoms with Crippen molar-refractivity contribution in [1.82, 2.24) is 0 Å². The molecule has 0 amide bonds. The highest BCUT2D eigenvalue weighted by molar-refractivity contribution is 7.99. The summed E-state index contributed by atoms with van der Waals surface area (Å²) in [7, 11) is 0. The maximum absolute atomic E-state index is 13.5. The van der Waals surface area contributed by atoms with Crippen LogP contribution in [0.4, 0.5) is 0 Å². The second kappa shape index (κ2) is 8.77. The summed E-state index contributed by atoms with van der Waals surface area (Å²) in [5, 5.41) is 11.6. The van der Waals surface area contributed by atoms with E-state index in [0.29, 0.717) is 25.0 Å². The van der Waals surface area contributed by atoms with Crippen LogP contribution in [0.1, 0.15) is 58.8 Å². The summed E-state index contributed by atoms with van der Waals surface area (Å²) in [5.74, 6) is 0.965. The van der Waals surface area contributed by atoms with Gasteiger partial charge in [0, 0.05) is 11.8 Å². The van der Waals surface area contributed by atoms with Crippen molar-refractivity contribution in [3.63, 3.8) is 0 Å². The Balaban J connectivity index is 1.72. The van der Waals surface area contributed by atoms with Gasteiger partial charge in [0.25, 0.3) is 0 Å². The van der Waals surface area contributed by atoms with Crippen molar-refractivity contribution in [1.29, 1.82) is 0 Å². The molecule has 4 aliphatic carbocycles. The Morgan fingerprint density at radius 3 is 2.53 bits per heavy atom. The predicted molar refractivity (Wildman–Crippen MR) is 129 cm³/mol. The summed E-state index contributed by atoms with van der Waals surface area (Å²) in [6, 6.07) is 0. The summed E-state index contributed by atoms with van der Waals surface area (Å²) in [4.78, 5) is 38.3. The lowest BCUT2D eigenvalue weighted by atomic mass is 9.45. The molecule has 0 bridgehead atoms. The van der Waals surface area contributed by atoms with Gasteiger partial charge in [0.15, 0.2) is 17.2 Å². The number of ketones is 2. The van der Waals surface area contributed by atoms with Crippen molar-refractivity contribution in [3.05, 3.63) is 11.6 Å². The first-order valence-electron chi connectivity index (χ1n) is 11.8. The average molecular weight is 481 g/mol. The standard InChI is InChI=1S/C25H36O5S2/c1-23-9-7-16(26)11-15(23)5-6-17-18-8-10-25(20(28)13-31-3,30-21(29)14-32-4)24(18,2)12-19(27)22(17)23/h11,17-19,22,27H,5-10,12-14H2,1-4H3/t17-,18-,19-,22+,23-,24-,25-/m0/s1. The number of hydrogen-bond donors (Lipinski definition) is 1. The van der Waals surface area contributed by atoms with E-state index in [1.54, 1.807) is 0 Å². The molecule has 4 aliphatic rings. The van der Waals surface area contributed by atoms with E-state index >= 15 is 0 Å². The van der Waals surface area contributed by atoms with Gasteiger partial charge in [0.05, 0.1) is 17.6 Å². The Bertz CT molecular complexity index is 840. The second-order valence-electron chi connectivity index (χ2n) is 10.7. The number of Topliss-reactive ketones (excluding diaryl/α,β-unsaturated/α-hetero) is 1. The number of esters is 1. The van der Waals surface area contributed by atoms with Crippen molar-refractivity contribution in [2.75, 3.05) is 24.0 Å². The minimum atomic E-state index is -1.15. The van der Waals surface area contributed by atoms with E-state index in [4.69, 9.17) is 4.74 Å². The molecule has 4 rings (SSSR count). The van der Waals surface area contributed by atoms with Crippen LogP contribution in [0.3, 0.4) is 0 Å². The van der Waals surface area contributed by atoms with E-state index in [1.807, 2.05) is 18.6 Å². The first kappa shape index (κ1) is 24.3. The van der Waals surface area contributed by atoms with Crippen LogP contribution in [0.25, 0.3) is 0 Å².